The molecule has 156 valence electrons. The van der Waals surface area contributed by atoms with Gasteiger partial charge in [0.25, 0.3) is 0 Å². The SMILES string of the molecule is O=C(CN1C(=O)CC1SCc1ccsc1)NCCCCCCc1ccc(Cl)cc1. The van der Waals surface area contributed by atoms with Crippen molar-refractivity contribution in [2.75, 3.05) is 13.1 Å². The molecule has 2 amide bonds. The Morgan fingerprint density at radius 2 is 1.93 bits per heavy atom. The van der Waals surface area contributed by atoms with Gasteiger partial charge in [-0.2, -0.15) is 11.3 Å². The number of halogens is 1. The summed E-state index contributed by atoms with van der Waals surface area (Å²) >= 11 is 9.31. The lowest BCUT2D eigenvalue weighted by molar-refractivity contribution is -0.145. The molecular weight excluding hydrogens is 424 g/mol. The number of thiophene rings is 1. The van der Waals surface area contributed by atoms with Crippen LogP contribution in [0.3, 0.4) is 0 Å². The van der Waals surface area contributed by atoms with Crippen molar-refractivity contribution in [3.05, 3.63) is 57.2 Å². The summed E-state index contributed by atoms with van der Waals surface area (Å²) in [6.07, 6.45) is 5.94. The number of hydrogen-bond donors (Lipinski definition) is 1. The number of unbranched alkanes of at least 4 members (excludes halogenated alkanes) is 3. The van der Waals surface area contributed by atoms with Crippen molar-refractivity contribution in [2.45, 2.75) is 49.7 Å². The number of amides is 2. The lowest BCUT2D eigenvalue weighted by atomic mass is 10.1. The summed E-state index contributed by atoms with van der Waals surface area (Å²) in [4.78, 5) is 25.7. The molecular formula is C22H27ClN2O2S2. The van der Waals surface area contributed by atoms with Crippen LogP contribution >= 0.6 is 34.7 Å². The van der Waals surface area contributed by atoms with Crippen LogP contribution in [0.4, 0.5) is 0 Å². The summed E-state index contributed by atoms with van der Waals surface area (Å²) in [5.74, 6) is 0.904. The van der Waals surface area contributed by atoms with Crippen molar-refractivity contribution < 1.29 is 9.59 Å². The van der Waals surface area contributed by atoms with E-state index in [0.717, 1.165) is 42.9 Å². The summed E-state index contributed by atoms with van der Waals surface area (Å²) in [6, 6.07) is 10.1. The topological polar surface area (TPSA) is 49.4 Å². The molecule has 2 aromatic rings. The van der Waals surface area contributed by atoms with Gasteiger partial charge in [-0.3, -0.25) is 9.59 Å². The molecule has 2 heterocycles. The van der Waals surface area contributed by atoms with Crippen LogP contribution in [0, 0.1) is 0 Å². The van der Waals surface area contributed by atoms with Crippen molar-refractivity contribution in [2.24, 2.45) is 0 Å². The number of carbonyl (C=O) groups is 2. The minimum absolute atomic E-state index is 0.0552. The first-order chi connectivity index (χ1) is 14.1. The van der Waals surface area contributed by atoms with E-state index in [1.165, 1.54) is 11.1 Å². The Bertz CT molecular complexity index is 781. The molecule has 0 saturated carbocycles. The van der Waals surface area contributed by atoms with Crippen LogP contribution in [0.2, 0.25) is 5.02 Å². The fraction of sp³-hybridized carbons (Fsp3) is 0.455. The second-order valence-corrected chi connectivity index (χ2v) is 9.65. The molecule has 1 fully saturated rings. The monoisotopic (exact) mass is 450 g/mol. The predicted octanol–water partition coefficient (Wildman–Crippen LogP) is 5.11. The predicted molar refractivity (Wildman–Crippen MR) is 122 cm³/mol. The van der Waals surface area contributed by atoms with Gasteiger partial charge in [0.1, 0.15) is 6.54 Å². The van der Waals surface area contributed by atoms with Gasteiger partial charge in [-0.25, -0.2) is 0 Å². The normalized spacial score (nSPS) is 16.0. The Morgan fingerprint density at radius 1 is 1.14 bits per heavy atom. The standard InChI is InChI=1S/C22H27ClN2O2S2/c23-19-8-6-17(7-9-19)5-3-1-2-4-11-24-20(26)14-25-21(27)13-22(25)29-16-18-10-12-28-15-18/h6-10,12,15,22H,1-5,11,13-14,16H2,(H,24,26). The van der Waals surface area contributed by atoms with Gasteiger partial charge in [0.2, 0.25) is 11.8 Å². The Kier molecular flexibility index (Phi) is 8.90. The molecule has 7 heteroatoms. The minimum Gasteiger partial charge on any atom is -0.355 e. The number of nitrogens with one attached hydrogen (secondary N) is 1. The number of carbonyl (C=O) groups excluding carboxylic acids is 2. The lowest BCUT2D eigenvalue weighted by Gasteiger charge is -2.39. The zero-order valence-corrected chi connectivity index (χ0v) is 18.8. The van der Waals surface area contributed by atoms with Gasteiger partial charge in [0.15, 0.2) is 0 Å². The van der Waals surface area contributed by atoms with Gasteiger partial charge in [0, 0.05) is 17.3 Å². The highest BCUT2D eigenvalue weighted by Gasteiger charge is 2.37. The molecule has 0 spiro atoms. The van der Waals surface area contributed by atoms with Crippen molar-refractivity contribution in [3.8, 4) is 0 Å². The maximum absolute atomic E-state index is 12.1. The van der Waals surface area contributed by atoms with E-state index in [2.05, 4.69) is 34.3 Å². The van der Waals surface area contributed by atoms with E-state index in [4.69, 9.17) is 11.6 Å². The van der Waals surface area contributed by atoms with Gasteiger partial charge >= 0.3 is 0 Å². The molecule has 1 aliphatic rings. The van der Waals surface area contributed by atoms with E-state index in [0.29, 0.717) is 13.0 Å². The third-order valence-electron chi connectivity index (χ3n) is 4.98. The maximum Gasteiger partial charge on any atom is 0.239 e. The summed E-state index contributed by atoms with van der Waals surface area (Å²) in [6.45, 7) is 0.852. The molecule has 1 aromatic heterocycles. The number of nitrogens with zero attached hydrogens (tertiary/aromatic N) is 1. The number of rotatable bonds is 12. The minimum atomic E-state index is -0.0552. The van der Waals surface area contributed by atoms with Gasteiger partial charge in [0.05, 0.1) is 11.8 Å². The highest BCUT2D eigenvalue weighted by Crippen LogP contribution is 2.31. The van der Waals surface area contributed by atoms with Crippen LogP contribution in [0.5, 0.6) is 0 Å². The first-order valence-corrected chi connectivity index (χ1v) is 12.4. The van der Waals surface area contributed by atoms with Gasteiger partial charge in [-0.1, -0.05) is 36.6 Å². The highest BCUT2D eigenvalue weighted by atomic mass is 35.5. The summed E-state index contributed by atoms with van der Waals surface area (Å²) < 4.78 is 0. The molecule has 1 aromatic carbocycles. The Hall–Kier alpha value is -1.50. The molecule has 1 saturated heterocycles. The third-order valence-corrected chi connectivity index (χ3v) is 7.27. The second kappa shape index (κ2) is 11.6. The van der Waals surface area contributed by atoms with Gasteiger partial charge < -0.3 is 10.2 Å². The Morgan fingerprint density at radius 3 is 2.66 bits per heavy atom. The van der Waals surface area contributed by atoms with Crippen LogP contribution in [0.1, 0.15) is 43.2 Å². The van der Waals surface area contributed by atoms with E-state index in [1.807, 2.05) is 12.1 Å². The Labute approximate surface area is 186 Å². The molecule has 29 heavy (non-hydrogen) atoms. The highest BCUT2D eigenvalue weighted by molar-refractivity contribution is 7.99. The van der Waals surface area contributed by atoms with Gasteiger partial charge in [-0.05, 0) is 59.3 Å². The van der Waals surface area contributed by atoms with E-state index < -0.39 is 0 Å². The van der Waals surface area contributed by atoms with Crippen LogP contribution in [-0.4, -0.2) is 35.2 Å². The molecule has 4 nitrogen and oxygen atoms in total. The summed E-state index contributed by atoms with van der Waals surface area (Å²) in [5, 5.41) is 8.04. The maximum atomic E-state index is 12.1. The fourth-order valence-electron chi connectivity index (χ4n) is 3.23. The number of hydrogen-bond acceptors (Lipinski definition) is 4. The average Bonchev–Trinajstić information content (AvgIpc) is 3.23. The molecule has 0 aliphatic carbocycles. The fourth-order valence-corrected chi connectivity index (χ4v) is 5.33. The number of benzene rings is 1. The van der Waals surface area contributed by atoms with E-state index in [1.54, 1.807) is 28.0 Å². The number of likely N-dealkylation sites (tertiary alicyclic amines) is 1. The summed E-state index contributed by atoms with van der Waals surface area (Å²) in [5.41, 5.74) is 2.59. The molecule has 1 unspecified atom stereocenters. The first kappa shape index (κ1) is 22.2. The third kappa shape index (κ3) is 7.36. The molecule has 1 atom stereocenters. The van der Waals surface area contributed by atoms with Crippen molar-refractivity contribution in [3.63, 3.8) is 0 Å². The van der Waals surface area contributed by atoms with Crippen molar-refractivity contribution >= 4 is 46.5 Å². The zero-order chi connectivity index (χ0) is 20.5. The van der Waals surface area contributed by atoms with Crippen LogP contribution in [0.15, 0.2) is 41.1 Å². The van der Waals surface area contributed by atoms with E-state index in [-0.39, 0.29) is 23.7 Å². The lowest BCUT2D eigenvalue weighted by Crippen LogP contribution is -2.54. The number of thioether (sulfide) groups is 1. The van der Waals surface area contributed by atoms with Crippen LogP contribution in [-0.2, 0) is 21.8 Å². The number of aryl methyl sites for hydroxylation is 1. The first-order valence-electron chi connectivity index (χ1n) is 10.0. The van der Waals surface area contributed by atoms with Crippen LogP contribution in [0.25, 0.3) is 0 Å². The average molecular weight is 451 g/mol. The van der Waals surface area contributed by atoms with E-state index in [9.17, 15) is 9.59 Å². The van der Waals surface area contributed by atoms with Gasteiger partial charge in [-0.15, -0.1) is 11.8 Å². The molecule has 1 N–H and O–H groups in total. The molecule has 0 bridgehead atoms. The summed E-state index contributed by atoms with van der Waals surface area (Å²) in [7, 11) is 0. The Balaban J connectivity index is 1.23. The smallest absolute Gasteiger partial charge is 0.239 e. The number of β-lactam (4-membered cyclic amide) rings is 1. The second-order valence-electron chi connectivity index (χ2n) is 7.26. The molecule has 0 radical (unpaired) electrons. The van der Waals surface area contributed by atoms with Crippen molar-refractivity contribution in [1.82, 2.24) is 10.2 Å². The largest absolute Gasteiger partial charge is 0.355 e. The van der Waals surface area contributed by atoms with Crippen molar-refractivity contribution in [1.29, 1.82) is 0 Å². The van der Waals surface area contributed by atoms with Crippen LogP contribution < -0.4 is 5.32 Å². The molecule has 3 rings (SSSR count). The van der Waals surface area contributed by atoms with E-state index >= 15 is 0 Å². The molecule has 1 aliphatic heterocycles. The zero-order valence-electron chi connectivity index (χ0n) is 16.4. The quantitative estimate of drug-likeness (QED) is 0.361.